The molecule has 8 nitrogen and oxygen atoms in total. The predicted octanol–water partition coefficient (Wildman–Crippen LogP) is 2.85. The van der Waals surface area contributed by atoms with Gasteiger partial charge in [0.1, 0.15) is 11.8 Å². The van der Waals surface area contributed by atoms with Crippen molar-refractivity contribution in [2.24, 2.45) is 5.73 Å². The molecule has 3 N–H and O–H groups in total. The molecule has 0 spiro atoms. The largest absolute Gasteiger partial charge is 0.493 e. The highest BCUT2D eigenvalue weighted by atomic mass is 35.5. The predicted molar refractivity (Wildman–Crippen MR) is 119 cm³/mol. The summed E-state index contributed by atoms with van der Waals surface area (Å²) in [5.41, 5.74) is 7.51. The summed E-state index contributed by atoms with van der Waals surface area (Å²) in [4.78, 5) is 34.5. The number of amides is 2. The third-order valence-corrected chi connectivity index (χ3v) is 5.51. The standard InChI is InChI=1S/C21H22N2O6S.ClH/c1-27-17-10-13(11-18-19(24)23-21(26)30-18)5-8-16(17)29-14-6-3-12(4-7-14)9-15(22)20(25)28-2;/h3-8,10,15,18H,9,11,22H2,1-2H3,(H,23,24,26);1H/t15-,18?;/m0./s1. The zero-order chi connectivity index (χ0) is 21.7. The lowest BCUT2D eigenvalue weighted by molar-refractivity contribution is -0.142. The van der Waals surface area contributed by atoms with Crippen LogP contribution >= 0.6 is 24.2 Å². The van der Waals surface area contributed by atoms with Crippen LogP contribution in [0.5, 0.6) is 17.2 Å². The summed E-state index contributed by atoms with van der Waals surface area (Å²) in [7, 11) is 2.84. The average molecular weight is 467 g/mol. The third-order valence-electron chi connectivity index (χ3n) is 4.53. The minimum Gasteiger partial charge on any atom is -0.493 e. The fourth-order valence-electron chi connectivity index (χ4n) is 2.97. The molecule has 0 aliphatic carbocycles. The molecule has 1 fully saturated rings. The Morgan fingerprint density at radius 1 is 1.10 bits per heavy atom. The molecule has 31 heavy (non-hydrogen) atoms. The van der Waals surface area contributed by atoms with Gasteiger partial charge in [-0.3, -0.25) is 19.7 Å². The zero-order valence-electron chi connectivity index (χ0n) is 17.0. The van der Waals surface area contributed by atoms with Crippen molar-refractivity contribution < 1.29 is 28.6 Å². The number of halogens is 1. The van der Waals surface area contributed by atoms with E-state index in [1.807, 2.05) is 18.2 Å². The molecule has 1 unspecified atom stereocenters. The molecule has 2 atom stereocenters. The van der Waals surface area contributed by atoms with Gasteiger partial charge in [-0.05, 0) is 48.2 Å². The van der Waals surface area contributed by atoms with E-state index in [-0.39, 0.29) is 23.6 Å². The molecule has 1 aliphatic rings. The van der Waals surface area contributed by atoms with Crippen molar-refractivity contribution in [3.63, 3.8) is 0 Å². The van der Waals surface area contributed by atoms with Gasteiger partial charge in [0.05, 0.1) is 19.5 Å². The van der Waals surface area contributed by atoms with Crippen LogP contribution in [0.2, 0.25) is 0 Å². The highest BCUT2D eigenvalue weighted by molar-refractivity contribution is 8.15. The maximum Gasteiger partial charge on any atom is 0.322 e. The van der Waals surface area contributed by atoms with Crippen LogP contribution in [0.3, 0.4) is 0 Å². The summed E-state index contributed by atoms with van der Waals surface area (Å²) >= 11 is 0.988. The van der Waals surface area contributed by atoms with E-state index in [0.717, 1.165) is 22.9 Å². The Labute approximate surface area is 190 Å². The second-order valence-corrected chi connectivity index (χ2v) is 7.83. The van der Waals surface area contributed by atoms with Gasteiger partial charge in [-0.25, -0.2) is 0 Å². The normalized spacial score (nSPS) is 16.2. The number of imide groups is 1. The minimum atomic E-state index is -0.718. The number of ether oxygens (including phenoxy) is 3. The van der Waals surface area contributed by atoms with E-state index in [4.69, 9.17) is 15.2 Å². The number of hydrogen-bond donors (Lipinski definition) is 2. The fraction of sp³-hybridized carbons (Fsp3) is 0.286. The van der Waals surface area contributed by atoms with Crippen molar-refractivity contribution >= 4 is 41.3 Å². The quantitative estimate of drug-likeness (QED) is 0.570. The summed E-state index contributed by atoms with van der Waals surface area (Å²) in [5, 5.41) is 1.51. The molecule has 10 heteroatoms. The number of benzene rings is 2. The van der Waals surface area contributed by atoms with E-state index in [2.05, 4.69) is 10.1 Å². The summed E-state index contributed by atoms with van der Waals surface area (Å²) in [6.45, 7) is 0. The van der Waals surface area contributed by atoms with Crippen molar-refractivity contribution in [1.29, 1.82) is 0 Å². The van der Waals surface area contributed by atoms with E-state index in [0.29, 0.717) is 30.1 Å². The van der Waals surface area contributed by atoms with Crippen LogP contribution in [0.1, 0.15) is 11.1 Å². The highest BCUT2D eigenvalue weighted by Crippen LogP contribution is 2.34. The van der Waals surface area contributed by atoms with Gasteiger partial charge in [-0.2, -0.15) is 0 Å². The average Bonchev–Trinajstić information content (AvgIpc) is 3.06. The van der Waals surface area contributed by atoms with Crippen LogP contribution in [-0.2, 0) is 27.2 Å². The fourth-order valence-corrected chi connectivity index (χ4v) is 3.83. The minimum absolute atomic E-state index is 0. The van der Waals surface area contributed by atoms with Gasteiger partial charge in [0.2, 0.25) is 5.91 Å². The van der Waals surface area contributed by atoms with Gasteiger partial charge in [0, 0.05) is 0 Å². The molecule has 2 aromatic rings. The lowest BCUT2D eigenvalue weighted by Gasteiger charge is -2.14. The van der Waals surface area contributed by atoms with Crippen molar-refractivity contribution in [2.75, 3.05) is 14.2 Å². The number of hydrogen-bond acceptors (Lipinski definition) is 8. The molecule has 0 saturated carbocycles. The number of carbonyl (C=O) groups excluding carboxylic acids is 3. The van der Waals surface area contributed by atoms with Crippen molar-refractivity contribution in [1.82, 2.24) is 5.32 Å². The molecule has 1 heterocycles. The Morgan fingerprint density at radius 2 is 1.77 bits per heavy atom. The van der Waals surface area contributed by atoms with Gasteiger partial charge < -0.3 is 19.9 Å². The first-order chi connectivity index (χ1) is 14.4. The smallest absolute Gasteiger partial charge is 0.322 e. The van der Waals surface area contributed by atoms with Gasteiger partial charge >= 0.3 is 5.97 Å². The van der Waals surface area contributed by atoms with Crippen LogP contribution in [0.15, 0.2) is 42.5 Å². The second-order valence-electron chi connectivity index (χ2n) is 6.65. The number of esters is 1. The second kappa shape index (κ2) is 11.0. The van der Waals surface area contributed by atoms with Crippen LogP contribution in [-0.4, -0.2) is 42.6 Å². The summed E-state index contributed by atoms with van der Waals surface area (Å²) in [6, 6.07) is 11.9. The Hall–Kier alpha value is -2.75. The Bertz CT molecular complexity index is 953. The van der Waals surface area contributed by atoms with Gasteiger partial charge in [0.25, 0.3) is 5.24 Å². The highest BCUT2D eigenvalue weighted by Gasteiger charge is 2.31. The number of rotatable bonds is 8. The molecule has 0 bridgehead atoms. The number of thioether (sulfide) groups is 1. The molecule has 0 radical (unpaired) electrons. The molecule has 2 aromatic carbocycles. The Morgan fingerprint density at radius 3 is 2.35 bits per heavy atom. The summed E-state index contributed by atoms with van der Waals surface area (Å²) < 4.78 is 16.0. The van der Waals surface area contributed by atoms with Gasteiger partial charge in [0.15, 0.2) is 11.5 Å². The third kappa shape index (κ3) is 6.36. The van der Waals surface area contributed by atoms with Gasteiger partial charge in [-0.1, -0.05) is 30.0 Å². The van der Waals surface area contributed by atoms with Crippen LogP contribution in [0.4, 0.5) is 4.79 Å². The number of nitrogens with two attached hydrogens (primary N) is 1. The molecule has 1 saturated heterocycles. The molecule has 3 rings (SSSR count). The monoisotopic (exact) mass is 466 g/mol. The molecule has 2 amide bonds. The van der Waals surface area contributed by atoms with E-state index < -0.39 is 17.3 Å². The Balaban J connectivity index is 0.00000341. The number of nitrogens with one attached hydrogen (secondary N) is 1. The SMILES string of the molecule is COC(=O)[C@@H](N)Cc1ccc(Oc2ccc(CC3SC(=O)NC3=O)cc2OC)cc1.Cl. The van der Waals surface area contributed by atoms with Gasteiger partial charge in [-0.15, -0.1) is 12.4 Å². The van der Waals surface area contributed by atoms with Crippen molar-refractivity contribution in [3.8, 4) is 17.2 Å². The summed E-state index contributed by atoms with van der Waals surface area (Å²) in [5.74, 6) is 0.876. The molecule has 0 aromatic heterocycles. The topological polar surface area (TPSA) is 117 Å². The Kier molecular flexibility index (Phi) is 8.73. The maximum absolute atomic E-state index is 11.8. The van der Waals surface area contributed by atoms with E-state index in [1.54, 1.807) is 24.3 Å². The number of carbonyl (C=O) groups is 3. The van der Waals surface area contributed by atoms with E-state index >= 15 is 0 Å². The maximum atomic E-state index is 11.8. The van der Waals surface area contributed by atoms with E-state index in [1.165, 1.54) is 14.2 Å². The molecular weight excluding hydrogens is 444 g/mol. The van der Waals surface area contributed by atoms with Crippen LogP contribution in [0, 0.1) is 0 Å². The lowest BCUT2D eigenvalue weighted by Crippen LogP contribution is -2.33. The van der Waals surface area contributed by atoms with Crippen LogP contribution < -0.4 is 20.5 Å². The van der Waals surface area contributed by atoms with Crippen LogP contribution in [0.25, 0.3) is 0 Å². The van der Waals surface area contributed by atoms with Crippen molar-refractivity contribution in [3.05, 3.63) is 53.6 Å². The molecule has 1 aliphatic heterocycles. The first-order valence-corrected chi connectivity index (χ1v) is 10.1. The molecular formula is C21H23ClN2O6S. The number of methoxy groups -OCH3 is 2. The molecule has 166 valence electrons. The van der Waals surface area contributed by atoms with Crippen molar-refractivity contribution in [2.45, 2.75) is 24.1 Å². The summed E-state index contributed by atoms with van der Waals surface area (Å²) in [6.07, 6.45) is 0.772. The zero-order valence-corrected chi connectivity index (χ0v) is 18.6. The first kappa shape index (κ1) is 24.5. The lowest BCUT2D eigenvalue weighted by atomic mass is 10.1. The first-order valence-electron chi connectivity index (χ1n) is 9.18. The van der Waals surface area contributed by atoms with E-state index in [9.17, 15) is 14.4 Å².